The predicted octanol–water partition coefficient (Wildman–Crippen LogP) is 4.68. The molecule has 4 heteroatoms. The molecule has 1 aliphatic rings. The molecule has 2 aromatic rings. The number of likely N-dealkylation sites (N-methyl/N-ethyl adjacent to an activating group) is 1. The van der Waals surface area contributed by atoms with Gasteiger partial charge in [-0.2, -0.15) is 0 Å². The molecule has 0 atom stereocenters. The first-order valence-electron chi connectivity index (χ1n) is 7.99. The largest absolute Gasteiger partial charge is 0.341 e. The van der Waals surface area contributed by atoms with Gasteiger partial charge in [0.05, 0.1) is 5.69 Å². The molecule has 0 saturated heterocycles. The van der Waals surface area contributed by atoms with Gasteiger partial charge in [0.25, 0.3) is 0 Å². The highest BCUT2D eigenvalue weighted by Crippen LogP contribution is 2.36. The van der Waals surface area contributed by atoms with Crippen LogP contribution in [0.25, 0.3) is 6.08 Å². The lowest BCUT2D eigenvalue weighted by molar-refractivity contribution is 0.928. The van der Waals surface area contributed by atoms with Crippen LogP contribution in [0.15, 0.2) is 48.4 Å². The zero-order chi connectivity index (χ0) is 16.4. The highest BCUT2D eigenvalue weighted by atomic mass is 15.2. The molecule has 0 radical (unpaired) electrons. The third-order valence-electron chi connectivity index (χ3n) is 4.09. The summed E-state index contributed by atoms with van der Waals surface area (Å²) < 4.78 is 0. The van der Waals surface area contributed by atoms with Crippen molar-refractivity contribution in [3.8, 4) is 0 Å². The lowest BCUT2D eigenvalue weighted by Crippen LogP contribution is -2.26. The fourth-order valence-electron chi connectivity index (χ4n) is 2.80. The summed E-state index contributed by atoms with van der Waals surface area (Å²) in [6, 6.07) is 6.06. The summed E-state index contributed by atoms with van der Waals surface area (Å²) in [4.78, 5) is 11.1. The minimum absolute atomic E-state index is 0.791. The average molecular weight is 306 g/mol. The molecule has 0 aromatic carbocycles. The van der Waals surface area contributed by atoms with Crippen molar-refractivity contribution in [2.24, 2.45) is 0 Å². The van der Waals surface area contributed by atoms with Crippen LogP contribution in [0, 0.1) is 6.92 Å². The predicted molar refractivity (Wildman–Crippen MR) is 96.9 cm³/mol. The van der Waals surface area contributed by atoms with Gasteiger partial charge in [-0.25, -0.2) is 9.97 Å². The van der Waals surface area contributed by atoms with E-state index in [0.717, 1.165) is 47.1 Å². The van der Waals surface area contributed by atoms with Crippen molar-refractivity contribution in [3.63, 3.8) is 0 Å². The van der Waals surface area contributed by atoms with Gasteiger partial charge < -0.3 is 10.2 Å². The Morgan fingerprint density at radius 2 is 1.91 bits per heavy atom. The molecule has 3 heterocycles. The maximum atomic E-state index is 4.52. The van der Waals surface area contributed by atoms with E-state index >= 15 is 0 Å². The zero-order valence-corrected chi connectivity index (χ0v) is 13.9. The maximum absolute atomic E-state index is 4.52. The van der Waals surface area contributed by atoms with E-state index in [9.17, 15) is 0 Å². The molecule has 2 aromatic heterocycles. The summed E-state index contributed by atoms with van der Waals surface area (Å²) in [6.07, 6.45) is 6.92. The fraction of sp³-hybridized carbons (Fsp3) is 0.263. The second kappa shape index (κ2) is 6.24. The molecule has 23 heavy (non-hydrogen) atoms. The van der Waals surface area contributed by atoms with E-state index in [4.69, 9.17) is 0 Å². The van der Waals surface area contributed by atoms with E-state index in [1.54, 1.807) is 0 Å². The van der Waals surface area contributed by atoms with Gasteiger partial charge in [0.2, 0.25) is 0 Å². The number of pyridine rings is 2. The van der Waals surface area contributed by atoms with E-state index in [-0.39, 0.29) is 0 Å². The molecule has 4 nitrogen and oxygen atoms in total. The normalized spacial score (nSPS) is 13.6. The number of hydrogen-bond donors (Lipinski definition) is 1. The van der Waals surface area contributed by atoms with Crippen LogP contribution in [-0.4, -0.2) is 16.5 Å². The molecular formula is C19H22N4. The van der Waals surface area contributed by atoms with Crippen molar-refractivity contribution in [1.82, 2.24) is 9.97 Å². The number of rotatable bonds is 4. The molecule has 1 N–H and O–H groups in total. The number of aryl methyl sites for hydroxylation is 1. The van der Waals surface area contributed by atoms with Crippen molar-refractivity contribution in [2.75, 3.05) is 16.8 Å². The van der Waals surface area contributed by atoms with Crippen LogP contribution in [0.5, 0.6) is 0 Å². The van der Waals surface area contributed by atoms with Crippen LogP contribution in [0.1, 0.15) is 31.4 Å². The number of hydrogen-bond acceptors (Lipinski definition) is 4. The molecule has 0 amide bonds. The Balaban J connectivity index is 1.95. The number of aromatic nitrogens is 2. The van der Waals surface area contributed by atoms with Crippen LogP contribution in [0.3, 0.4) is 0 Å². The monoisotopic (exact) mass is 306 g/mol. The fourth-order valence-corrected chi connectivity index (χ4v) is 2.80. The molecule has 118 valence electrons. The number of nitrogens with one attached hydrogen (secondary N) is 1. The van der Waals surface area contributed by atoms with Crippen LogP contribution in [-0.2, 0) is 0 Å². The summed E-state index contributed by atoms with van der Waals surface area (Å²) in [5.74, 6) is 1.59. The van der Waals surface area contributed by atoms with E-state index in [1.807, 2.05) is 31.5 Å². The highest BCUT2D eigenvalue weighted by molar-refractivity contribution is 5.80. The van der Waals surface area contributed by atoms with E-state index in [2.05, 4.69) is 52.8 Å². The summed E-state index contributed by atoms with van der Waals surface area (Å²) in [5.41, 5.74) is 5.76. The Kier molecular flexibility index (Phi) is 4.15. The number of allylic oxidation sites excluding steroid dienone is 1. The Morgan fingerprint density at radius 3 is 2.57 bits per heavy atom. The Labute approximate surface area is 137 Å². The molecule has 0 bridgehead atoms. The molecule has 3 rings (SSSR count). The smallest absolute Gasteiger partial charge is 0.133 e. The topological polar surface area (TPSA) is 41.1 Å². The van der Waals surface area contributed by atoms with Gasteiger partial charge >= 0.3 is 0 Å². The average Bonchev–Trinajstić information content (AvgIpc) is 2.56. The summed E-state index contributed by atoms with van der Waals surface area (Å²) >= 11 is 0. The molecular weight excluding hydrogens is 284 g/mol. The first kappa shape index (κ1) is 15.3. The summed E-state index contributed by atoms with van der Waals surface area (Å²) in [6.45, 7) is 11.5. The van der Waals surface area contributed by atoms with Gasteiger partial charge in [-0.15, -0.1) is 0 Å². The molecule has 1 aliphatic heterocycles. The van der Waals surface area contributed by atoms with E-state index in [1.165, 1.54) is 5.57 Å². The molecule has 0 spiro atoms. The van der Waals surface area contributed by atoms with Crippen molar-refractivity contribution in [2.45, 2.75) is 27.2 Å². The first-order valence-corrected chi connectivity index (χ1v) is 7.99. The summed E-state index contributed by atoms with van der Waals surface area (Å²) in [5, 5.41) is 3.27. The lowest BCUT2D eigenvalue weighted by atomic mass is 9.99. The van der Waals surface area contributed by atoms with Crippen LogP contribution >= 0.6 is 0 Å². The minimum Gasteiger partial charge on any atom is -0.341 e. The van der Waals surface area contributed by atoms with Gasteiger partial charge in [0.1, 0.15) is 11.6 Å². The standard InChI is InChI=1S/C19H22N4/c1-5-15-9-16-12-21-19(10-17(16)23(6-2)14(15)4)22-18-8-7-13(3)11-20-18/h7-12H,4-6H2,1-3H3,(H,20,21,22). The van der Waals surface area contributed by atoms with Crippen molar-refractivity contribution >= 4 is 23.4 Å². The van der Waals surface area contributed by atoms with E-state index in [0.29, 0.717) is 0 Å². The van der Waals surface area contributed by atoms with Crippen LogP contribution in [0.2, 0.25) is 0 Å². The van der Waals surface area contributed by atoms with Crippen molar-refractivity contribution < 1.29 is 0 Å². The zero-order valence-electron chi connectivity index (χ0n) is 13.9. The third-order valence-corrected chi connectivity index (χ3v) is 4.09. The Bertz CT molecular complexity index is 759. The van der Waals surface area contributed by atoms with Gasteiger partial charge in [-0.05, 0) is 43.5 Å². The third kappa shape index (κ3) is 2.97. The maximum Gasteiger partial charge on any atom is 0.133 e. The van der Waals surface area contributed by atoms with Gasteiger partial charge in [0, 0.05) is 36.3 Å². The number of fused-ring (bicyclic) bond motifs is 1. The number of anilines is 3. The van der Waals surface area contributed by atoms with Crippen molar-refractivity contribution in [3.05, 3.63) is 59.6 Å². The molecule has 0 unspecified atom stereocenters. The highest BCUT2D eigenvalue weighted by Gasteiger charge is 2.20. The lowest BCUT2D eigenvalue weighted by Gasteiger charge is -2.32. The second-order valence-electron chi connectivity index (χ2n) is 5.69. The summed E-state index contributed by atoms with van der Waals surface area (Å²) in [7, 11) is 0. The van der Waals surface area contributed by atoms with Gasteiger partial charge in [0.15, 0.2) is 0 Å². The van der Waals surface area contributed by atoms with Crippen LogP contribution < -0.4 is 10.2 Å². The van der Waals surface area contributed by atoms with Crippen LogP contribution in [0.4, 0.5) is 17.3 Å². The molecule has 0 aliphatic carbocycles. The number of nitrogens with zero attached hydrogens (tertiary/aromatic N) is 3. The van der Waals surface area contributed by atoms with Crippen molar-refractivity contribution in [1.29, 1.82) is 0 Å². The van der Waals surface area contributed by atoms with E-state index < -0.39 is 0 Å². The molecule has 0 fully saturated rings. The second-order valence-corrected chi connectivity index (χ2v) is 5.69. The Hall–Kier alpha value is -2.62. The van der Waals surface area contributed by atoms with Gasteiger partial charge in [-0.1, -0.05) is 19.6 Å². The van der Waals surface area contributed by atoms with Gasteiger partial charge in [-0.3, -0.25) is 0 Å². The quantitative estimate of drug-likeness (QED) is 0.890. The Morgan fingerprint density at radius 1 is 1.13 bits per heavy atom. The minimum atomic E-state index is 0.791. The molecule has 0 saturated carbocycles. The first-order chi connectivity index (χ1) is 11.1. The SMILES string of the molecule is C=C1C(CC)=Cc2cnc(Nc3ccc(C)cn3)cc2N1CC.